The highest BCUT2D eigenvalue weighted by Crippen LogP contribution is 2.25. The molecule has 7 nitrogen and oxygen atoms in total. The first-order valence-corrected chi connectivity index (χ1v) is 12.4. The number of anilines is 1. The topological polar surface area (TPSA) is 104 Å². The number of nitrogens with one attached hydrogen (secondary N) is 3. The zero-order valence-electron chi connectivity index (χ0n) is 18.5. The number of carbonyl (C=O) groups is 1. The molecule has 0 radical (unpaired) electrons. The van der Waals surface area contributed by atoms with E-state index in [9.17, 15) is 13.2 Å². The van der Waals surface area contributed by atoms with Crippen molar-refractivity contribution in [1.29, 1.82) is 0 Å². The maximum Gasteiger partial charge on any atom is 0.261 e. The molecular weight excluding hydrogens is 460 g/mol. The van der Waals surface area contributed by atoms with Gasteiger partial charge in [-0.25, -0.2) is 13.4 Å². The number of rotatable bonds is 7. The van der Waals surface area contributed by atoms with Crippen molar-refractivity contribution in [2.45, 2.75) is 10.9 Å². The third kappa shape index (κ3) is 4.92. The van der Waals surface area contributed by atoms with Crippen molar-refractivity contribution >= 4 is 32.7 Å². The smallest absolute Gasteiger partial charge is 0.261 e. The Morgan fingerprint density at radius 1 is 0.800 bits per heavy atom. The molecule has 174 valence electrons. The number of aromatic nitrogens is 2. The third-order valence-electron chi connectivity index (χ3n) is 5.64. The molecule has 4 aromatic carbocycles. The van der Waals surface area contributed by atoms with Gasteiger partial charge in [-0.15, -0.1) is 0 Å². The van der Waals surface area contributed by atoms with Crippen LogP contribution in [0.3, 0.4) is 0 Å². The van der Waals surface area contributed by atoms with Crippen molar-refractivity contribution in [3.05, 3.63) is 126 Å². The first-order chi connectivity index (χ1) is 17.0. The van der Waals surface area contributed by atoms with Gasteiger partial charge in [-0.2, -0.15) is 0 Å². The second-order valence-corrected chi connectivity index (χ2v) is 9.67. The van der Waals surface area contributed by atoms with Crippen LogP contribution in [0.15, 0.2) is 114 Å². The summed E-state index contributed by atoms with van der Waals surface area (Å²) in [6.45, 7) is 0. The van der Waals surface area contributed by atoms with E-state index < -0.39 is 10.0 Å². The standard InChI is InChI=1S/C27H22N4O3S/c32-27(20-11-14-22(15-12-20)31-35(33,34)23-9-5-2-6-10-23)30-26(19-7-3-1-4-8-19)21-13-16-24-25(17-21)29-18-28-24/h1-18,26,31H,(H,28,29)(H,30,32). The second kappa shape index (κ2) is 9.44. The molecule has 3 N–H and O–H groups in total. The van der Waals surface area contributed by atoms with Gasteiger partial charge in [-0.3, -0.25) is 9.52 Å². The first kappa shape index (κ1) is 22.4. The van der Waals surface area contributed by atoms with Gasteiger partial charge in [0.15, 0.2) is 0 Å². The Bertz CT molecular complexity index is 1570. The van der Waals surface area contributed by atoms with Crippen LogP contribution in [0, 0.1) is 0 Å². The van der Waals surface area contributed by atoms with Crippen LogP contribution in [-0.4, -0.2) is 24.3 Å². The SMILES string of the molecule is O=C(NC(c1ccccc1)c1ccc2nc[nH]c2c1)c1ccc(NS(=O)(=O)c2ccccc2)cc1. The number of benzene rings is 4. The van der Waals surface area contributed by atoms with Gasteiger partial charge in [0, 0.05) is 11.3 Å². The van der Waals surface area contributed by atoms with E-state index in [4.69, 9.17) is 0 Å². The van der Waals surface area contributed by atoms with Crippen LogP contribution in [0.5, 0.6) is 0 Å². The van der Waals surface area contributed by atoms with Gasteiger partial charge in [0.2, 0.25) is 0 Å². The van der Waals surface area contributed by atoms with E-state index in [1.165, 1.54) is 12.1 Å². The lowest BCUT2D eigenvalue weighted by molar-refractivity contribution is 0.0943. The lowest BCUT2D eigenvalue weighted by atomic mass is 9.97. The van der Waals surface area contributed by atoms with Crippen molar-refractivity contribution in [2.24, 2.45) is 0 Å². The van der Waals surface area contributed by atoms with E-state index in [0.29, 0.717) is 11.3 Å². The Morgan fingerprint density at radius 3 is 2.20 bits per heavy atom. The summed E-state index contributed by atoms with van der Waals surface area (Å²) in [5.41, 5.74) is 4.36. The largest absolute Gasteiger partial charge is 0.345 e. The van der Waals surface area contributed by atoms with Crippen LogP contribution >= 0.6 is 0 Å². The van der Waals surface area contributed by atoms with Crippen molar-refractivity contribution in [1.82, 2.24) is 15.3 Å². The summed E-state index contributed by atoms with van der Waals surface area (Å²) >= 11 is 0. The van der Waals surface area contributed by atoms with Crippen molar-refractivity contribution in [3.8, 4) is 0 Å². The van der Waals surface area contributed by atoms with Gasteiger partial charge in [-0.1, -0.05) is 54.6 Å². The van der Waals surface area contributed by atoms with E-state index in [-0.39, 0.29) is 16.8 Å². The first-order valence-electron chi connectivity index (χ1n) is 11.0. The molecule has 1 heterocycles. The third-order valence-corrected chi connectivity index (χ3v) is 7.04. The maximum absolute atomic E-state index is 13.2. The Labute approximate surface area is 202 Å². The van der Waals surface area contributed by atoms with Crippen LogP contribution in [0.25, 0.3) is 11.0 Å². The second-order valence-electron chi connectivity index (χ2n) is 7.99. The van der Waals surface area contributed by atoms with E-state index >= 15 is 0 Å². The molecule has 35 heavy (non-hydrogen) atoms. The highest BCUT2D eigenvalue weighted by Gasteiger charge is 2.19. The molecule has 1 aromatic heterocycles. The Morgan fingerprint density at radius 2 is 1.49 bits per heavy atom. The summed E-state index contributed by atoms with van der Waals surface area (Å²) in [7, 11) is -3.71. The number of fused-ring (bicyclic) bond motifs is 1. The van der Waals surface area contributed by atoms with Crippen LogP contribution in [-0.2, 0) is 10.0 Å². The van der Waals surface area contributed by atoms with Crippen molar-refractivity contribution in [3.63, 3.8) is 0 Å². The summed E-state index contributed by atoms with van der Waals surface area (Å²) in [5.74, 6) is -0.277. The van der Waals surface area contributed by atoms with Crippen LogP contribution < -0.4 is 10.0 Å². The minimum atomic E-state index is -3.71. The monoisotopic (exact) mass is 482 g/mol. The molecule has 0 aliphatic heterocycles. The summed E-state index contributed by atoms with van der Waals surface area (Å²) in [6.07, 6.45) is 1.64. The van der Waals surface area contributed by atoms with E-state index in [1.54, 1.807) is 48.8 Å². The number of amides is 1. The zero-order chi connectivity index (χ0) is 24.3. The van der Waals surface area contributed by atoms with E-state index in [1.807, 2.05) is 48.5 Å². The summed E-state index contributed by atoms with van der Waals surface area (Å²) < 4.78 is 27.7. The lowest BCUT2D eigenvalue weighted by Crippen LogP contribution is -2.29. The zero-order valence-corrected chi connectivity index (χ0v) is 19.4. The van der Waals surface area contributed by atoms with Gasteiger partial charge < -0.3 is 10.3 Å². The fourth-order valence-corrected chi connectivity index (χ4v) is 4.93. The Balaban J connectivity index is 1.37. The molecule has 0 saturated carbocycles. The summed E-state index contributed by atoms with van der Waals surface area (Å²) in [5, 5.41) is 3.10. The molecule has 0 aliphatic carbocycles. The fraction of sp³-hybridized carbons (Fsp3) is 0.0370. The number of aromatic amines is 1. The van der Waals surface area contributed by atoms with Crippen LogP contribution in [0.1, 0.15) is 27.5 Å². The maximum atomic E-state index is 13.2. The molecule has 5 aromatic rings. The van der Waals surface area contributed by atoms with Crippen LogP contribution in [0.2, 0.25) is 0 Å². The van der Waals surface area contributed by atoms with E-state index in [2.05, 4.69) is 20.0 Å². The number of sulfonamides is 1. The number of hydrogen-bond donors (Lipinski definition) is 3. The number of imidazole rings is 1. The average Bonchev–Trinajstić information content (AvgIpc) is 3.36. The Hall–Kier alpha value is -4.43. The number of carbonyl (C=O) groups excluding carboxylic acids is 1. The summed E-state index contributed by atoms with van der Waals surface area (Å²) in [4.78, 5) is 20.7. The molecule has 1 unspecified atom stereocenters. The molecule has 1 amide bonds. The molecule has 0 fully saturated rings. The fourth-order valence-electron chi connectivity index (χ4n) is 3.86. The molecule has 0 spiro atoms. The molecule has 0 bridgehead atoms. The quantitative estimate of drug-likeness (QED) is 0.307. The normalized spacial score (nSPS) is 12.2. The molecule has 1 atom stereocenters. The Kier molecular flexibility index (Phi) is 6.03. The molecule has 5 rings (SSSR count). The molecule has 0 aliphatic rings. The van der Waals surface area contributed by atoms with Gasteiger partial charge in [0.1, 0.15) is 0 Å². The predicted octanol–water partition coefficient (Wildman–Crippen LogP) is 4.88. The lowest BCUT2D eigenvalue weighted by Gasteiger charge is -2.20. The average molecular weight is 483 g/mol. The minimum absolute atomic E-state index is 0.168. The molecule has 8 heteroatoms. The highest BCUT2D eigenvalue weighted by molar-refractivity contribution is 7.92. The number of hydrogen-bond acceptors (Lipinski definition) is 4. The molecular formula is C27H22N4O3S. The van der Waals surface area contributed by atoms with Gasteiger partial charge in [0.05, 0.1) is 28.3 Å². The van der Waals surface area contributed by atoms with E-state index in [0.717, 1.165) is 22.2 Å². The van der Waals surface area contributed by atoms with Crippen LogP contribution in [0.4, 0.5) is 5.69 Å². The number of H-pyrrole nitrogens is 1. The summed E-state index contributed by atoms with van der Waals surface area (Å²) in [6, 6.07) is 29.6. The minimum Gasteiger partial charge on any atom is -0.345 e. The van der Waals surface area contributed by atoms with Gasteiger partial charge in [-0.05, 0) is 59.7 Å². The molecule has 0 saturated heterocycles. The van der Waals surface area contributed by atoms with Gasteiger partial charge in [0.25, 0.3) is 15.9 Å². The highest BCUT2D eigenvalue weighted by atomic mass is 32.2. The van der Waals surface area contributed by atoms with Crippen molar-refractivity contribution < 1.29 is 13.2 Å². The van der Waals surface area contributed by atoms with Crippen molar-refractivity contribution in [2.75, 3.05) is 4.72 Å². The number of nitrogens with zero attached hydrogens (tertiary/aromatic N) is 1. The predicted molar refractivity (Wildman–Crippen MR) is 136 cm³/mol. The van der Waals surface area contributed by atoms with Gasteiger partial charge >= 0.3 is 0 Å².